The third-order valence-corrected chi connectivity index (χ3v) is 5.47. The van der Waals surface area contributed by atoms with Crippen LogP contribution in [0.3, 0.4) is 0 Å². The molecule has 8 heteroatoms. The average molecular weight is 362 g/mol. The van der Waals surface area contributed by atoms with Gasteiger partial charge in [0.1, 0.15) is 5.25 Å². The molecule has 1 aromatic carbocycles. The highest BCUT2D eigenvalue weighted by Crippen LogP contribution is 2.23. The highest BCUT2D eigenvalue weighted by molar-refractivity contribution is 8.00. The first-order valence-corrected chi connectivity index (χ1v) is 9.00. The number of hydrogen-bond donors (Lipinski definition) is 0. The second-order valence-corrected chi connectivity index (χ2v) is 7.09. The molecule has 0 spiro atoms. The van der Waals surface area contributed by atoms with Crippen LogP contribution in [0.15, 0.2) is 24.3 Å². The average Bonchev–Trinajstić information content (AvgIpc) is 2.90. The van der Waals surface area contributed by atoms with Crippen molar-refractivity contribution in [2.45, 2.75) is 11.7 Å². The van der Waals surface area contributed by atoms with Crippen LogP contribution in [0.25, 0.3) is 0 Å². The van der Waals surface area contributed by atoms with Crippen molar-refractivity contribution in [3.05, 3.63) is 35.4 Å². The number of esters is 1. The summed E-state index contributed by atoms with van der Waals surface area (Å²) >= 11 is 1.47. The van der Waals surface area contributed by atoms with Crippen LogP contribution >= 0.6 is 11.8 Å². The van der Waals surface area contributed by atoms with Crippen LogP contribution in [0.5, 0.6) is 0 Å². The summed E-state index contributed by atoms with van der Waals surface area (Å²) in [7, 11) is 1.33. The number of hydrogen-bond acceptors (Lipinski definition) is 6. The zero-order valence-electron chi connectivity index (χ0n) is 13.8. The van der Waals surface area contributed by atoms with E-state index in [2.05, 4.69) is 0 Å². The lowest BCUT2D eigenvalue weighted by atomic mass is 10.1. The first kappa shape index (κ1) is 17.5. The van der Waals surface area contributed by atoms with Gasteiger partial charge in [0.25, 0.3) is 11.8 Å². The van der Waals surface area contributed by atoms with Crippen LogP contribution in [0, 0.1) is 0 Å². The molecule has 1 fully saturated rings. The Morgan fingerprint density at radius 3 is 2.44 bits per heavy atom. The zero-order valence-corrected chi connectivity index (χ0v) is 14.6. The van der Waals surface area contributed by atoms with Crippen molar-refractivity contribution < 1.29 is 23.9 Å². The Morgan fingerprint density at radius 1 is 1.20 bits per heavy atom. The van der Waals surface area contributed by atoms with Gasteiger partial charge in [-0.2, -0.15) is 0 Å². The molecular weight excluding hydrogens is 344 g/mol. The van der Waals surface area contributed by atoms with Gasteiger partial charge in [-0.3, -0.25) is 24.1 Å². The normalized spacial score (nSPS) is 19.8. The number of amides is 3. The van der Waals surface area contributed by atoms with E-state index in [4.69, 9.17) is 4.74 Å². The minimum absolute atomic E-state index is 0.0394. The number of methoxy groups -OCH3 is 1. The van der Waals surface area contributed by atoms with Crippen molar-refractivity contribution in [2.75, 3.05) is 32.5 Å². The SMILES string of the molecule is COC(=O)[C@@H]1CN(C(=O)CCN2C(=O)c3ccccc3C2=O)CCS1. The molecule has 2 heterocycles. The van der Waals surface area contributed by atoms with Crippen molar-refractivity contribution in [3.63, 3.8) is 0 Å². The van der Waals surface area contributed by atoms with Crippen LogP contribution < -0.4 is 0 Å². The molecule has 0 N–H and O–H groups in total. The first-order valence-electron chi connectivity index (χ1n) is 7.95. The molecule has 132 valence electrons. The Hall–Kier alpha value is -2.35. The van der Waals surface area contributed by atoms with E-state index in [1.165, 1.54) is 18.9 Å². The molecule has 1 atom stereocenters. The summed E-state index contributed by atoms with van der Waals surface area (Å²) in [5.74, 6) is -0.600. The van der Waals surface area contributed by atoms with Gasteiger partial charge in [0, 0.05) is 31.8 Å². The summed E-state index contributed by atoms with van der Waals surface area (Å²) in [4.78, 5) is 51.3. The van der Waals surface area contributed by atoms with Crippen molar-refractivity contribution >= 4 is 35.5 Å². The maximum Gasteiger partial charge on any atom is 0.320 e. The van der Waals surface area contributed by atoms with E-state index in [1.807, 2.05) is 0 Å². The van der Waals surface area contributed by atoms with E-state index in [9.17, 15) is 19.2 Å². The van der Waals surface area contributed by atoms with Crippen molar-refractivity contribution in [3.8, 4) is 0 Å². The maximum atomic E-state index is 12.4. The summed E-state index contributed by atoms with van der Waals surface area (Å²) < 4.78 is 4.73. The van der Waals surface area contributed by atoms with Crippen molar-refractivity contribution in [2.24, 2.45) is 0 Å². The Kier molecular flexibility index (Phi) is 5.08. The predicted octanol–water partition coefficient (Wildman–Crippen LogP) is 0.790. The van der Waals surface area contributed by atoms with Crippen LogP contribution in [-0.4, -0.2) is 71.2 Å². The second kappa shape index (κ2) is 7.26. The molecule has 2 aliphatic rings. The van der Waals surface area contributed by atoms with E-state index in [0.717, 1.165) is 4.90 Å². The topological polar surface area (TPSA) is 84.0 Å². The smallest absolute Gasteiger partial charge is 0.320 e. The predicted molar refractivity (Wildman–Crippen MR) is 91.3 cm³/mol. The summed E-state index contributed by atoms with van der Waals surface area (Å²) in [5, 5.41) is -0.387. The number of thioether (sulfide) groups is 1. The lowest BCUT2D eigenvalue weighted by Gasteiger charge is -2.31. The molecule has 0 radical (unpaired) electrons. The fraction of sp³-hybridized carbons (Fsp3) is 0.412. The number of imide groups is 1. The number of ether oxygens (including phenoxy) is 1. The fourth-order valence-corrected chi connectivity index (χ4v) is 4.09. The molecule has 0 aliphatic carbocycles. The molecule has 3 rings (SSSR count). The summed E-state index contributed by atoms with van der Waals surface area (Å²) in [6.07, 6.45) is 0.0457. The van der Waals surface area contributed by atoms with Gasteiger partial charge in [-0.15, -0.1) is 11.8 Å². The molecule has 7 nitrogen and oxygen atoms in total. The van der Waals surface area contributed by atoms with Gasteiger partial charge in [-0.25, -0.2) is 0 Å². The monoisotopic (exact) mass is 362 g/mol. The molecule has 1 aromatic rings. The molecule has 1 saturated heterocycles. The van der Waals surface area contributed by atoms with Gasteiger partial charge in [0.05, 0.1) is 18.2 Å². The van der Waals surface area contributed by atoms with Crippen LogP contribution in [0.4, 0.5) is 0 Å². The Labute approximate surface area is 149 Å². The molecule has 0 aromatic heterocycles. The van der Waals surface area contributed by atoms with Gasteiger partial charge >= 0.3 is 5.97 Å². The van der Waals surface area contributed by atoms with Crippen LogP contribution in [-0.2, 0) is 14.3 Å². The van der Waals surface area contributed by atoms with E-state index in [0.29, 0.717) is 23.4 Å². The molecule has 0 bridgehead atoms. The minimum atomic E-state index is -0.387. The summed E-state index contributed by atoms with van der Waals surface area (Å²) in [6, 6.07) is 6.63. The largest absolute Gasteiger partial charge is 0.468 e. The zero-order chi connectivity index (χ0) is 18.0. The number of rotatable bonds is 4. The number of nitrogens with zero attached hydrogens (tertiary/aromatic N) is 2. The molecule has 2 aliphatic heterocycles. The minimum Gasteiger partial charge on any atom is -0.468 e. The molecular formula is C17H18N2O5S. The fourth-order valence-electron chi connectivity index (χ4n) is 2.96. The molecule has 0 saturated carbocycles. The van der Waals surface area contributed by atoms with Gasteiger partial charge < -0.3 is 9.64 Å². The lowest BCUT2D eigenvalue weighted by Crippen LogP contribution is -2.46. The number of fused-ring (bicyclic) bond motifs is 1. The van der Waals surface area contributed by atoms with Crippen LogP contribution in [0.2, 0.25) is 0 Å². The quantitative estimate of drug-likeness (QED) is 0.582. The summed E-state index contributed by atoms with van der Waals surface area (Å²) in [5.41, 5.74) is 0.750. The standard InChI is InChI=1S/C17H18N2O5S/c1-24-17(23)13-10-18(8-9-25-13)14(20)6-7-19-15(21)11-4-2-3-5-12(11)16(19)22/h2-5,13H,6-10H2,1H3/t13-/m0/s1. The highest BCUT2D eigenvalue weighted by Gasteiger charge is 2.36. The second-order valence-electron chi connectivity index (χ2n) is 5.78. The summed E-state index contributed by atoms with van der Waals surface area (Å²) in [6.45, 7) is 0.870. The third kappa shape index (κ3) is 3.39. The first-order chi connectivity index (χ1) is 12.0. The number of benzene rings is 1. The Balaban J connectivity index is 1.59. The van der Waals surface area contributed by atoms with Crippen molar-refractivity contribution in [1.82, 2.24) is 9.80 Å². The Morgan fingerprint density at radius 2 is 1.84 bits per heavy atom. The molecule has 3 amide bonds. The number of carbonyl (C=O) groups excluding carboxylic acids is 4. The Bertz CT molecular complexity index is 701. The van der Waals surface area contributed by atoms with Gasteiger partial charge in [0.2, 0.25) is 5.91 Å². The van der Waals surface area contributed by atoms with Gasteiger partial charge in [0.15, 0.2) is 0 Å². The third-order valence-electron chi connectivity index (χ3n) is 4.31. The van der Waals surface area contributed by atoms with E-state index in [-0.39, 0.29) is 48.5 Å². The van der Waals surface area contributed by atoms with Crippen LogP contribution in [0.1, 0.15) is 27.1 Å². The highest BCUT2D eigenvalue weighted by atomic mass is 32.2. The molecule has 25 heavy (non-hydrogen) atoms. The number of carbonyl (C=O) groups is 4. The molecule has 0 unspecified atom stereocenters. The van der Waals surface area contributed by atoms with Gasteiger partial charge in [-0.1, -0.05) is 12.1 Å². The van der Waals surface area contributed by atoms with E-state index in [1.54, 1.807) is 29.2 Å². The van der Waals surface area contributed by atoms with E-state index >= 15 is 0 Å². The van der Waals surface area contributed by atoms with Crippen molar-refractivity contribution in [1.29, 1.82) is 0 Å². The van der Waals surface area contributed by atoms with Gasteiger partial charge in [-0.05, 0) is 12.1 Å². The maximum absolute atomic E-state index is 12.4. The van der Waals surface area contributed by atoms with E-state index < -0.39 is 0 Å². The lowest BCUT2D eigenvalue weighted by molar-refractivity contribution is -0.141.